The van der Waals surface area contributed by atoms with Crippen molar-refractivity contribution in [3.63, 3.8) is 0 Å². The van der Waals surface area contributed by atoms with Crippen LogP contribution in [0.5, 0.6) is 5.75 Å². The summed E-state index contributed by atoms with van der Waals surface area (Å²) < 4.78 is 36.2. The van der Waals surface area contributed by atoms with Crippen LogP contribution >= 0.6 is 15.9 Å². The van der Waals surface area contributed by atoms with Crippen molar-refractivity contribution in [2.75, 3.05) is 5.32 Å². The molecule has 0 spiro atoms. The normalized spacial score (nSPS) is 11.4. The Morgan fingerprint density at radius 2 is 1.95 bits per heavy atom. The topological polar surface area (TPSA) is 92.4 Å². The molecule has 5 nitrogen and oxygen atoms in total. The quantitative estimate of drug-likeness (QED) is 0.766. The van der Waals surface area contributed by atoms with Crippen molar-refractivity contribution in [2.24, 2.45) is 5.14 Å². The van der Waals surface area contributed by atoms with Gasteiger partial charge in [0.2, 0.25) is 10.0 Å². The van der Waals surface area contributed by atoms with E-state index >= 15 is 0 Å². The molecule has 8 heteroatoms. The number of hydrogen-bond acceptors (Lipinski definition) is 4. The van der Waals surface area contributed by atoms with Crippen LogP contribution in [0.4, 0.5) is 10.1 Å². The summed E-state index contributed by atoms with van der Waals surface area (Å²) >= 11 is 3.24. The molecule has 4 N–H and O–H groups in total. The molecule has 0 amide bonds. The second-order valence-corrected chi connectivity index (χ2v) is 6.74. The van der Waals surface area contributed by atoms with Crippen LogP contribution in [-0.4, -0.2) is 13.5 Å². The molecule has 0 aliphatic heterocycles. The Hall–Kier alpha value is -1.64. The van der Waals surface area contributed by atoms with Crippen LogP contribution in [0, 0.1) is 5.82 Å². The Bertz CT molecular complexity index is 781. The van der Waals surface area contributed by atoms with E-state index in [1.54, 1.807) is 12.1 Å². The molecule has 0 saturated carbocycles. The first-order valence-corrected chi connectivity index (χ1v) is 8.15. The Morgan fingerprint density at radius 1 is 1.24 bits per heavy atom. The maximum absolute atomic E-state index is 13.2. The lowest BCUT2D eigenvalue weighted by Gasteiger charge is -2.10. The summed E-state index contributed by atoms with van der Waals surface area (Å²) in [6.07, 6.45) is 0. The fourth-order valence-electron chi connectivity index (χ4n) is 1.67. The number of phenols is 1. The fraction of sp³-hybridized carbons (Fsp3) is 0.0769. The highest BCUT2D eigenvalue weighted by Gasteiger charge is 2.10. The van der Waals surface area contributed by atoms with E-state index in [-0.39, 0.29) is 4.90 Å². The fourth-order valence-corrected chi connectivity index (χ4v) is 2.88. The third-order valence-electron chi connectivity index (χ3n) is 2.76. The lowest BCUT2D eigenvalue weighted by Crippen LogP contribution is -2.12. The first-order valence-electron chi connectivity index (χ1n) is 5.81. The number of hydrogen-bond donors (Lipinski definition) is 3. The third kappa shape index (κ3) is 3.93. The number of halogens is 2. The molecule has 0 atom stereocenters. The Morgan fingerprint density at radius 3 is 2.52 bits per heavy atom. The first-order chi connectivity index (χ1) is 9.77. The van der Waals surface area contributed by atoms with Crippen LogP contribution in [0.3, 0.4) is 0 Å². The Kier molecular flexibility index (Phi) is 4.50. The van der Waals surface area contributed by atoms with Gasteiger partial charge in [-0.15, -0.1) is 0 Å². The van der Waals surface area contributed by atoms with Crippen LogP contribution in [-0.2, 0) is 16.6 Å². The summed E-state index contributed by atoms with van der Waals surface area (Å²) in [4.78, 5) is -0.00407. The van der Waals surface area contributed by atoms with Crippen LogP contribution < -0.4 is 10.5 Å². The molecule has 0 radical (unpaired) electrons. The highest BCUT2D eigenvalue weighted by molar-refractivity contribution is 9.10. The van der Waals surface area contributed by atoms with E-state index in [0.717, 1.165) is 0 Å². The van der Waals surface area contributed by atoms with Gasteiger partial charge < -0.3 is 10.4 Å². The van der Waals surface area contributed by atoms with Crippen LogP contribution in [0.1, 0.15) is 5.56 Å². The third-order valence-corrected chi connectivity index (χ3v) is 4.33. The Labute approximate surface area is 129 Å². The van der Waals surface area contributed by atoms with Gasteiger partial charge in [-0.1, -0.05) is 6.07 Å². The minimum Gasteiger partial charge on any atom is -0.505 e. The number of aromatic hydroxyl groups is 1. The summed E-state index contributed by atoms with van der Waals surface area (Å²) in [5.41, 5.74) is 1.27. The molecule has 2 aromatic rings. The highest BCUT2D eigenvalue weighted by atomic mass is 79.9. The number of nitrogens with two attached hydrogens (primary N) is 1. The largest absolute Gasteiger partial charge is 0.505 e. The van der Waals surface area contributed by atoms with Gasteiger partial charge in [0.15, 0.2) is 11.6 Å². The molecule has 0 saturated heterocycles. The van der Waals surface area contributed by atoms with Crippen LogP contribution in [0.25, 0.3) is 0 Å². The second-order valence-electron chi connectivity index (χ2n) is 4.33. The average Bonchev–Trinajstić information content (AvgIpc) is 2.40. The lowest BCUT2D eigenvalue weighted by atomic mass is 10.2. The van der Waals surface area contributed by atoms with Crippen molar-refractivity contribution in [3.8, 4) is 5.75 Å². The van der Waals surface area contributed by atoms with Crippen molar-refractivity contribution in [1.29, 1.82) is 0 Å². The molecule has 112 valence electrons. The van der Waals surface area contributed by atoms with E-state index in [0.29, 0.717) is 22.3 Å². The van der Waals surface area contributed by atoms with Gasteiger partial charge in [0, 0.05) is 16.7 Å². The summed E-state index contributed by atoms with van der Waals surface area (Å²) in [5.74, 6) is -1.10. The molecule has 0 bridgehead atoms. The number of phenolic OH excluding ortho intramolecular Hbond substituents is 1. The minimum atomic E-state index is -3.75. The molecular formula is C13H12BrFN2O3S. The van der Waals surface area contributed by atoms with Gasteiger partial charge in [0.25, 0.3) is 0 Å². The smallest absolute Gasteiger partial charge is 0.238 e. The zero-order chi connectivity index (χ0) is 15.6. The predicted octanol–water partition coefficient (Wildman–Crippen LogP) is 2.55. The molecule has 2 aromatic carbocycles. The number of sulfonamides is 1. The summed E-state index contributed by atoms with van der Waals surface area (Å²) in [7, 11) is -3.75. The number of rotatable bonds is 4. The van der Waals surface area contributed by atoms with E-state index in [1.165, 1.54) is 24.3 Å². The SMILES string of the molecule is NS(=O)(=O)c1ccc(NCc2ccc(O)c(F)c2)c(Br)c1. The zero-order valence-electron chi connectivity index (χ0n) is 10.7. The van der Waals surface area contributed by atoms with Gasteiger partial charge in [0.05, 0.1) is 4.90 Å². The number of nitrogens with one attached hydrogen (secondary N) is 1. The average molecular weight is 375 g/mol. The van der Waals surface area contributed by atoms with Crippen molar-refractivity contribution in [1.82, 2.24) is 0 Å². The van der Waals surface area contributed by atoms with Gasteiger partial charge in [0.1, 0.15) is 0 Å². The standard InChI is InChI=1S/C13H12BrFN2O3S/c14-10-6-9(21(16,19)20)2-3-12(10)17-7-8-1-4-13(18)11(15)5-8/h1-6,17-18H,7H2,(H2,16,19,20). The number of benzene rings is 2. The maximum atomic E-state index is 13.2. The minimum absolute atomic E-state index is 0.00407. The van der Waals surface area contributed by atoms with Gasteiger partial charge >= 0.3 is 0 Å². The molecule has 2 rings (SSSR count). The second kappa shape index (κ2) is 6.00. The van der Waals surface area contributed by atoms with Gasteiger partial charge in [-0.3, -0.25) is 0 Å². The Balaban J connectivity index is 2.15. The van der Waals surface area contributed by atoms with Crippen LogP contribution in [0.15, 0.2) is 45.8 Å². The summed E-state index contributed by atoms with van der Waals surface area (Å²) in [6.45, 7) is 0.310. The molecule has 21 heavy (non-hydrogen) atoms. The maximum Gasteiger partial charge on any atom is 0.238 e. The molecule has 0 heterocycles. The molecule has 0 unspecified atom stereocenters. The van der Waals surface area contributed by atoms with Gasteiger partial charge in [-0.05, 0) is 51.8 Å². The number of primary sulfonamides is 1. The summed E-state index contributed by atoms with van der Waals surface area (Å²) in [5, 5.41) is 17.2. The highest BCUT2D eigenvalue weighted by Crippen LogP contribution is 2.26. The van der Waals surface area contributed by atoms with Crippen molar-refractivity contribution in [3.05, 3.63) is 52.3 Å². The van der Waals surface area contributed by atoms with Crippen molar-refractivity contribution < 1.29 is 17.9 Å². The van der Waals surface area contributed by atoms with Gasteiger partial charge in [-0.25, -0.2) is 17.9 Å². The van der Waals surface area contributed by atoms with E-state index in [4.69, 9.17) is 10.2 Å². The molecular weight excluding hydrogens is 363 g/mol. The lowest BCUT2D eigenvalue weighted by molar-refractivity contribution is 0.432. The summed E-state index contributed by atoms with van der Waals surface area (Å²) in [6, 6.07) is 8.38. The van der Waals surface area contributed by atoms with Gasteiger partial charge in [-0.2, -0.15) is 0 Å². The van der Waals surface area contributed by atoms with Crippen LogP contribution in [0.2, 0.25) is 0 Å². The van der Waals surface area contributed by atoms with E-state index in [1.807, 2.05) is 0 Å². The molecule has 0 aliphatic carbocycles. The monoisotopic (exact) mass is 374 g/mol. The predicted molar refractivity (Wildman–Crippen MR) is 80.9 cm³/mol. The number of anilines is 1. The van der Waals surface area contributed by atoms with Crippen molar-refractivity contribution >= 4 is 31.6 Å². The molecule has 0 fully saturated rings. The zero-order valence-corrected chi connectivity index (χ0v) is 13.1. The van der Waals surface area contributed by atoms with Crippen molar-refractivity contribution in [2.45, 2.75) is 11.4 Å². The molecule has 0 aliphatic rings. The van der Waals surface area contributed by atoms with E-state index in [9.17, 15) is 12.8 Å². The molecule has 0 aromatic heterocycles. The first kappa shape index (κ1) is 15.7. The van der Waals surface area contributed by atoms with E-state index in [2.05, 4.69) is 21.2 Å². The van der Waals surface area contributed by atoms with E-state index < -0.39 is 21.6 Å².